The Morgan fingerprint density at radius 2 is 2.00 bits per heavy atom. The summed E-state index contributed by atoms with van der Waals surface area (Å²) >= 11 is 0. The molecule has 7 heteroatoms. The van der Waals surface area contributed by atoms with Crippen molar-refractivity contribution in [2.45, 2.75) is 37.1 Å². The standard InChI is InChI=1S/C14H19NO5S/c1-14(2,9-4-5-9)15-21(18,19)10-6-7-12(16)11(8-10)13(17)20-3/h6-9,15-16H,4-5H2,1-3H3. The van der Waals surface area contributed by atoms with Crippen molar-refractivity contribution in [3.63, 3.8) is 0 Å². The molecule has 2 N–H and O–H groups in total. The lowest BCUT2D eigenvalue weighted by Gasteiger charge is -2.25. The molecule has 1 aliphatic carbocycles. The van der Waals surface area contributed by atoms with Crippen LogP contribution in [0.3, 0.4) is 0 Å². The van der Waals surface area contributed by atoms with Gasteiger partial charge in [-0.25, -0.2) is 17.9 Å². The van der Waals surface area contributed by atoms with E-state index in [9.17, 15) is 18.3 Å². The number of sulfonamides is 1. The summed E-state index contributed by atoms with van der Waals surface area (Å²) in [6.45, 7) is 3.67. The first-order valence-electron chi connectivity index (χ1n) is 6.62. The Hall–Kier alpha value is -1.60. The van der Waals surface area contributed by atoms with E-state index < -0.39 is 21.5 Å². The van der Waals surface area contributed by atoms with Crippen LogP contribution in [0.4, 0.5) is 0 Å². The minimum atomic E-state index is -3.77. The number of carbonyl (C=O) groups is 1. The van der Waals surface area contributed by atoms with Crippen molar-refractivity contribution in [1.29, 1.82) is 0 Å². The Morgan fingerprint density at radius 1 is 1.38 bits per heavy atom. The van der Waals surface area contributed by atoms with Crippen LogP contribution in [-0.2, 0) is 14.8 Å². The number of nitrogens with one attached hydrogen (secondary N) is 1. The van der Waals surface area contributed by atoms with Gasteiger partial charge in [0.2, 0.25) is 10.0 Å². The summed E-state index contributed by atoms with van der Waals surface area (Å²) in [6.07, 6.45) is 2.00. The minimum absolute atomic E-state index is 0.0746. The molecule has 1 fully saturated rings. The molecule has 116 valence electrons. The molecule has 0 amide bonds. The molecule has 0 bridgehead atoms. The number of rotatable bonds is 5. The van der Waals surface area contributed by atoms with E-state index in [0.29, 0.717) is 5.92 Å². The minimum Gasteiger partial charge on any atom is -0.507 e. The van der Waals surface area contributed by atoms with Crippen LogP contribution >= 0.6 is 0 Å². The van der Waals surface area contributed by atoms with Crippen molar-refractivity contribution in [1.82, 2.24) is 4.72 Å². The van der Waals surface area contributed by atoms with E-state index in [4.69, 9.17) is 0 Å². The maximum absolute atomic E-state index is 12.4. The number of ether oxygens (including phenoxy) is 1. The molecule has 6 nitrogen and oxygen atoms in total. The third-order valence-electron chi connectivity index (χ3n) is 3.68. The lowest BCUT2D eigenvalue weighted by Crippen LogP contribution is -2.45. The fourth-order valence-electron chi connectivity index (χ4n) is 2.25. The molecule has 1 aromatic carbocycles. The lowest BCUT2D eigenvalue weighted by atomic mass is 10.0. The lowest BCUT2D eigenvalue weighted by molar-refractivity contribution is 0.0597. The molecule has 21 heavy (non-hydrogen) atoms. The van der Waals surface area contributed by atoms with Gasteiger partial charge in [-0.1, -0.05) is 0 Å². The Kier molecular flexibility index (Phi) is 3.99. The van der Waals surface area contributed by atoms with Crippen molar-refractivity contribution in [2.24, 2.45) is 5.92 Å². The Balaban J connectivity index is 2.34. The SMILES string of the molecule is COC(=O)c1cc(S(=O)(=O)NC(C)(C)C2CC2)ccc1O. The van der Waals surface area contributed by atoms with E-state index in [1.807, 2.05) is 13.8 Å². The molecule has 0 spiro atoms. The average Bonchev–Trinajstić information content (AvgIpc) is 3.21. The summed E-state index contributed by atoms with van der Waals surface area (Å²) in [4.78, 5) is 11.4. The third-order valence-corrected chi connectivity index (χ3v) is 5.35. The van der Waals surface area contributed by atoms with Gasteiger partial charge >= 0.3 is 5.97 Å². The second kappa shape index (κ2) is 5.31. The molecule has 1 aromatic rings. The zero-order valence-corrected chi connectivity index (χ0v) is 13.0. The average molecular weight is 313 g/mol. The van der Waals surface area contributed by atoms with Gasteiger partial charge in [0.15, 0.2) is 0 Å². The molecule has 0 atom stereocenters. The highest BCUT2D eigenvalue weighted by Crippen LogP contribution is 2.40. The Morgan fingerprint density at radius 3 is 2.52 bits per heavy atom. The fraction of sp³-hybridized carbons (Fsp3) is 0.500. The molecule has 0 saturated heterocycles. The number of hydrogen-bond acceptors (Lipinski definition) is 5. The number of phenolic OH excluding ortho intramolecular Hbond substituents is 1. The van der Waals surface area contributed by atoms with Gasteiger partial charge in [-0.3, -0.25) is 0 Å². The first-order chi connectivity index (χ1) is 9.67. The summed E-state index contributed by atoms with van der Waals surface area (Å²) in [5.41, 5.74) is -0.716. The largest absolute Gasteiger partial charge is 0.507 e. The first kappa shape index (κ1) is 15.8. The van der Waals surface area contributed by atoms with Crippen molar-refractivity contribution in [3.8, 4) is 5.75 Å². The number of aromatic hydroxyl groups is 1. The monoisotopic (exact) mass is 313 g/mol. The molecule has 0 aliphatic heterocycles. The van der Waals surface area contributed by atoms with E-state index in [1.165, 1.54) is 12.1 Å². The number of esters is 1. The van der Waals surface area contributed by atoms with Gasteiger partial charge in [0.25, 0.3) is 0 Å². The smallest absolute Gasteiger partial charge is 0.341 e. The van der Waals surface area contributed by atoms with Gasteiger partial charge in [-0.2, -0.15) is 0 Å². The van der Waals surface area contributed by atoms with E-state index in [2.05, 4.69) is 9.46 Å². The van der Waals surface area contributed by atoms with Crippen LogP contribution in [0.5, 0.6) is 5.75 Å². The van der Waals surface area contributed by atoms with Crippen LogP contribution in [0, 0.1) is 5.92 Å². The molecule has 0 unspecified atom stereocenters. The van der Waals surface area contributed by atoms with Crippen molar-refractivity contribution in [2.75, 3.05) is 7.11 Å². The van der Waals surface area contributed by atoms with Gasteiger partial charge in [-0.05, 0) is 50.8 Å². The second-order valence-corrected chi connectivity index (χ2v) is 7.45. The van der Waals surface area contributed by atoms with Gasteiger partial charge in [-0.15, -0.1) is 0 Å². The van der Waals surface area contributed by atoms with E-state index >= 15 is 0 Å². The van der Waals surface area contributed by atoms with Gasteiger partial charge < -0.3 is 9.84 Å². The second-order valence-electron chi connectivity index (χ2n) is 5.77. The number of carbonyl (C=O) groups excluding carboxylic acids is 1. The molecule has 2 rings (SSSR count). The number of benzene rings is 1. The van der Waals surface area contributed by atoms with Gasteiger partial charge in [0, 0.05) is 5.54 Å². The molecule has 0 heterocycles. The number of methoxy groups -OCH3 is 1. The van der Waals surface area contributed by atoms with E-state index in [0.717, 1.165) is 26.0 Å². The highest BCUT2D eigenvalue weighted by Gasteiger charge is 2.40. The maximum Gasteiger partial charge on any atom is 0.341 e. The van der Waals surface area contributed by atoms with Crippen LogP contribution in [0.25, 0.3) is 0 Å². The zero-order valence-electron chi connectivity index (χ0n) is 12.2. The predicted molar refractivity (Wildman–Crippen MR) is 76.6 cm³/mol. The molecule has 1 saturated carbocycles. The van der Waals surface area contributed by atoms with Gasteiger partial charge in [0.05, 0.1) is 12.0 Å². The fourth-order valence-corrected chi connectivity index (χ4v) is 3.75. The summed E-state index contributed by atoms with van der Waals surface area (Å²) in [7, 11) is -2.61. The zero-order chi connectivity index (χ0) is 15.8. The summed E-state index contributed by atoms with van der Waals surface area (Å²) in [5, 5.41) is 9.62. The van der Waals surface area contributed by atoms with Crippen LogP contribution in [0.2, 0.25) is 0 Å². The highest BCUT2D eigenvalue weighted by atomic mass is 32.2. The Labute approximate surface area is 124 Å². The van der Waals surface area contributed by atoms with E-state index in [1.54, 1.807) is 0 Å². The predicted octanol–water partition coefficient (Wildman–Crippen LogP) is 1.65. The summed E-state index contributed by atoms with van der Waals surface area (Å²) in [6, 6.07) is 3.55. The third kappa shape index (κ3) is 3.36. The highest BCUT2D eigenvalue weighted by molar-refractivity contribution is 7.89. The Bertz CT molecular complexity index is 662. The molecule has 0 aromatic heterocycles. The van der Waals surface area contributed by atoms with Crippen LogP contribution in [-0.4, -0.2) is 32.1 Å². The topological polar surface area (TPSA) is 92.7 Å². The molecular formula is C14H19NO5S. The van der Waals surface area contributed by atoms with E-state index in [-0.39, 0.29) is 16.2 Å². The molecular weight excluding hydrogens is 294 g/mol. The van der Waals surface area contributed by atoms with Gasteiger partial charge in [0.1, 0.15) is 11.3 Å². The van der Waals surface area contributed by atoms with Crippen LogP contribution in [0.15, 0.2) is 23.1 Å². The molecule has 1 aliphatic rings. The van der Waals surface area contributed by atoms with Crippen molar-refractivity contribution < 1.29 is 23.1 Å². The van der Waals surface area contributed by atoms with Crippen LogP contribution in [0.1, 0.15) is 37.0 Å². The number of phenols is 1. The molecule has 0 radical (unpaired) electrons. The van der Waals surface area contributed by atoms with Crippen molar-refractivity contribution in [3.05, 3.63) is 23.8 Å². The van der Waals surface area contributed by atoms with Crippen LogP contribution < -0.4 is 4.72 Å². The number of hydrogen-bond donors (Lipinski definition) is 2. The summed E-state index contributed by atoms with van der Waals surface area (Å²) in [5.74, 6) is -0.780. The maximum atomic E-state index is 12.4. The normalized spacial score (nSPS) is 15.8. The quantitative estimate of drug-likeness (QED) is 0.806. The summed E-state index contributed by atoms with van der Waals surface area (Å²) < 4.78 is 32.0. The van der Waals surface area contributed by atoms with Crippen molar-refractivity contribution >= 4 is 16.0 Å². The first-order valence-corrected chi connectivity index (χ1v) is 8.11.